The number of aryl methyl sites for hydroxylation is 2. The van der Waals surface area contributed by atoms with Gasteiger partial charge in [0.1, 0.15) is 0 Å². The van der Waals surface area contributed by atoms with Crippen LogP contribution in [0.2, 0.25) is 0 Å². The average molecular weight is 466 g/mol. The minimum absolute atomic E-state index is 0.0739. The van der Waals surface area contributed by atoms with Crippen molar-refractivity contribution in [2.24, 2.45) is 5.73 Å². The molecule has 108 valence electrons. The maximum absolute atomic E-state index is 6.37. The fourth-order valence-corrected chi connectivity index (χ4v) is 3.97. The van der Waals surface area contributed by atoms with Gasteiger partial charge in [0, 0.05) is 28.0 Å². The van der Waals surface area contributed by atoms with E-state index in [1.807, 2.05) is 29.8 Å². The molecule has 0 saturated heterocycles. The first-order valence-electron chi connectivity index (χ1n) is 6.36. The summed E-state index contributed by atoms with van der Waals surface area (Å²) in [6.07, 6.45) is 0.746. The van der Waals surface area contributed by atoms with Gasteiger partial charge in [-0.15, -0.1) is 0 Å². The van der Waals surface area contributed by atoms with Crippen molar-refractivity contribution in [1.82, 2.24) is 9.78 Å². The van der Waals surface area contributed by atoms with Crippen molar-refractivity contribution >= 4 is 47.8 Å². The number of halogens is 3. The number of nitrogens with two attached hydrogens (primary N) is 1. The molecule has 6 heteroatoms. The zero-order chi connectivity index (χ0) is 14.9. The summed E-state index contributed by atoms with van der Waals surface area (Å²) in [4.78, 5) is 0. The van der Waals surface area contributed by atoms with Crippen LogP contribution >= 0.6 is 47.8 Å². The maximum Gasteiger partial charge on any atom is 0.0738 e. The molecule has 1 aromatic carbocycles. The molecule has 1 aromatic heterocycles. The molecule has 0 saturated carbocycles. The van der Waals surface area contributed by atoms with Gasteiger partial charge in [-0.25, -0.2) is 0 Å². The van der Waals surface area contributed by atoms with Crippen LogP contribution in [0.1, 0.15) is 29.9 Å². The summed E-state index contributed by atoms with van der Waals surface area (Å²) >= 11 is 10.6. The van der Waals surface area contributed by atoms with Gasteiger partial charge in [0.05, 0.1) is 15.9 Å². The van der Waals surface area contributed by atoms with E-state index in [2.05, 4.69) is 59.8 Å². The van der Waals surface area contributed by atoms with Crippen molar-refractivity contribution in [2.45, 2.75) is 32.9 Å². The van der Waals surface area contributed by atoms with Crippen molar-refractivity contribution in [1.29, 1.82) is 0 Å². The van der Waals surface area contributed by atoms with Gasteiger partial charge in [0.15, 0.2) is 0 Å². The van der Waals surface area contributed by atoms with Gasteiger partial charge in [0.25, 0.3) is 0 Å². The van der Waals surface area contributed by atoms with Gasteiger partial charge in [0.2, 0.25) is 0 Å². The minimum atomic E-state index is -0.0739. The highest BCUT2D eigenvalue weighted by Crippen LogP contribution is 2.30. The van der Waals surface area contributed by atoms with Crippen molar-refractivity contribution < 1.29 is 0 Å². The Morgan fingerprint density at radius 3 is 2.60 bits per heavy atom. The lowest BCUT2D eigenvalue weighted by Gasteiger charge is -2.15. The van der Waals surface area contributed by atoms with E-state index in [4.69, 9.17) is 5.73 Å². The summed E-state index contributed by atoms with van der Waals surface area (Å²) in [5.74, 6) is 0. The highest BCUT2D eigenvalue weighted by Gasteiger charge is 2.18. The molecule has 2 rings (SSSR count). The van der Waals surface area contributed by atoms with Crippen LogP contribution in [0.4, 0.5) is 0 Å². The second kappa shape index (κ2) is 6.73. The lowest BCUT2D eigenvalue weighted by atomic mass is 10.0. The third kappa shape index (κ3) is 3.35. The Morgan fingerprint density at radius 1 is 1.30 bits per heavy atom. The molecule has 0 amide bonds. The standard InChI is InChI=1S/C14H16Br3N3/c1-3-20-13(14(17)8(2)19-20)7-12(18)10-5-4-9(15)6-11(10)16/h4-6,12H,3,7,18H2,1-2H3. The van der Waals surface area contributed by atoms with Crippen molar-refractivity contribution in [2.75, 3.05) is 0 Å². The molecule has 1 atom stereocenters. The Bertz CT molecular complexity index is 622. The van der Waals surface area contributed by atoms with Gasteiger partial charge in [-0.1, -0.05) is 37.9 Å². The number of nitrogens with zero attached hydrogens (tertiary/aromatic N) is 2. The molecule has 1 heterocycles. The zero-order valence-corrected chi connectivity index (χ0v) is 16.1. The molecule has 0 bridgehead atoms. The minimum Gasteiger partial charge on any atom is -0.324 e. The van der Waals surface area contributed by atoms with Gasteiger partial charge >= 0.3 is 0 Å². The number of benzene rings is 1. The lowest BCUT2D eigenvalue weighted by Crippen LogP contribution is -2.17. The fourth-order valence-electron chi connectivity index (χ4n) is 2.18. The highest BCUT2D eigenvalue weighted by atomic mass is 79.9. The molecule has 0 fully saturated rings. The molecule has 2 aromatic rings. The second-order valence-corrected chi connectivity index (χ2v) is 7.20. The molecule has 0 aliphatic carbocycles. The lowest BCUT2D eigenvalue weighted by molar-refractivity contribution is 0.585. The predicted molar refractivity (Wildman–Crippen MR) is 92.8 cm³/mol. The average Bonchev–Trinajstić information content (AvgIpc) is 2.66. The van der Waals surface area contributed by atoms with Gasteiger partial charge in [-0.3, -0.25) is 4.68 Å². The van der Waals surface area contributed by atoms with Gasteiger partial charge in [-0.2, -0.15) is 5.10 Å². The molecule has 3 nitrogen and oxygen atoms in total. The number of hydrogen-bond donors (Lipinski definition) is 1. The maximum atomic E-state index is 6.37. The van der Waals surface area contributed by atoms with Crippen LogP contribution in [-0.2, 0) is 13.0 Å². The smallest absolute Gasteiger partial charge is 0.0738 e. The van der Waals surface area contributed by atoms with Crippen LogP contribution in [0, 0.1) is 6.92 Å². The van der Waals surface area contributed by atoms with Crippen LogP contribution in [0.3, 0.4) is 0 Å². The van der Waals surface area contributed by atoms with E-state index in [-0.39, 0.29) is 6.04 Å². The summed E-state index contributed by atoms with van der Waals surface area (Å²) in [6.45, 7) is 4.93. The first kappa shape index (κ1) is 16.2. The first-order chi connectivity index (χ1) is 9.43. The Hall–Kier alpha value is -0.170. The van der Waals surface area contributed by atoms with Crippen molar-refractivity contribution in [3.8, 4) is 0 Å². The van der Waals surface area contributed by atoms with Crippen LogP contribution in [0.5, 0.6) is 0 Å². The molecule has 0 spiro atoms. The molecule has 0 aliphatic rings. The van der Waals surface area contributed by atoms with E-state index in [1.54, 1.807) is 0 Å². The number of hydrogen-bond acceptors (Lipinski definition) is 2. The Kier molecular flexibility index (Phi) is 5.45. The number of aromatic nitrogens is 2. The molecular formula is C14H16Br3N3. The molecule has 0 aliphatic heterocycles. The van der Waals surface area contributed by atoms with E-state index < -0.39 is 0 Å². The quantitative estimate of drug-likeness (QED) is 0.708. The van der Waals surface area contributed by atoms with E-state index >= 15 is 0 Å². The Labute approximate surface area is 144 Å². The van der Waals surface area contributed by atoms with Crippen molar-refractivity contribution in [3.05, 3.63) is 48.6 Å². The van der Waals surface area contributed by atoms with Crippen molar-refractivity contribution in [3.63, 3.8) is 0 Å². The fraction of sp³-hybridized carbons (Fsp3) is 0.357. The summed E-state index contributed by atoms with van der Waals surface area (Å²) < 4.78 is 5.13. The molecular weight excluding hydrogens is 450 g/mol. The molecule has 1 unspecified atom stereocenters. The van der Waals surface area contributed by atoms with Gasteiger partial charge in [-0.05, 0) is 47.5 Å². The van der Waals surface area contributed by atoms with E-state index in [0.717, 1.165) is 43.3 Å². The number of rotatable bonds is 4. The predicted octanol–water partition coefficient (Wildman–Crippen LogP) is 4.74. The monoisotopic (exact) mass is 463 g/mol. The molecule has 0 radical (unpaired) electrons. The largest absolute Gasteiger partial charge is 0.324 e. The third-order valence-electron chi connectivity index (χ3n) is 3.23. The molecule has 2 N–H and O–H groups in total. The summed E-state index contributed by atoms with van der Waals surface area (Å²) in [5.41, 5.74) is 9.62. The van der Waals surface area contributed by atoms with Crippen LogP contribution in [0.15, 0.2) is 31.6 Å². The second-order valence-electron chi connectivity index (χ2n) is 4.64. The summed E-state index contributed by atoms with van der Waals surface area (Å²) in [5, 5.41) is 4.51. The van der Waals surface area contributed by atoms with E-state index in [9.17, 15) is 0 Å². The van der Waals surface area contributed by atoms with Crippen LogP contribution in [0.25, 0.3) is 0 Å². The normalized spacial score (nSPS) is 12.7. The van der Waals surface area contributed by atoms with E-state index in [1.165, 1.54) is 0 Å². The Morgan fingerprint density at radius 2 is 2.00 bits per heavy atom. The van der Waals surface area contributed by atoms with Gasteiger partial charge < -0.3 is 5.73 Å². The highest BCUT2D eigenvalue weighted by molar-refractivity contribution is 9.11. The first-order valence-corrected chi connectivity index (χ1v) is 8.74. The Balaban J connectivity index is 2.30. The third-order valence-corrected chi connectivity index (χ3v) is 5.44. The van der Waals surface area contributed by atoms with E-state index in [0.29, 0.717) is 0 Å². The van der Waals surface area contributed by atoms with Crippen LogP contribution < -0.4 is 5.73 Å². The summed E-state index contributed by atoms with van der Waals surface area (Å²) in [7, 11) is 0. The molecule has 20 heavy (non-hydrogen) atoms. The SMILES string of the molecule is CCn1nc(C)c(Br)c1CC(N)c1ccc(Br)cc1Br. The van der Waals surface area contributed by atoms with Crippen LogP contribution in [-0.4, -0.2) is 9.78 Å². The topological polar surface area (TPSA) is 43.8 Å². The zero-order valence-electron chi connectivity index (χ0n) is 11.3. The summed E-state index contributed by atoms with van der Waals surface area (Å²) in [6, 6.07) is 6.01.